The maximum atomic E-state index is 13.2. The SMILES string of the molecule is O=C(c1cccc2ccccc12)N1CCC(C(=O)N2CCN(c3ncccn3)CC2)CC1. The van der Waals surface area contributed by atoms with E-state index >= 15 is 0 Å². The van der Waals surface area contributed by atoms with Crippen LogP contribution in [0.3, 0.4) is 0 Å². The number of fused-ring (bicyclic) bond motifs is 1. The zero-order chi connectivity index (χ0) is 21.9. The Kier molecular flexibility index (Phi) is 5.71. The third kappa shape index (κ3) is 4.02. The zero-order valence-corrected chi connectivity index (χ0v) is 18.1. The first kappa shape index (κ1) is 20.4. The molecule has 2 aliphatic rings. The van der Waals surface area contributed by atoms with Gasteiger partial charge in [-0.3, -0.25) is 9.59 Å². The molecule has 32 heavy (non-hydrogen) atoms. The lowest BCUT2D eigenvalue weighted by Crippen LogP contribution is -2.52. The van der Waals surface area contributed by atoms with Gasteiger partial charge in [0, 0.05) is 63.1 Å². The Morgan fingerprint density at radius 2 is 1.44 bits per heavy atom. The van der Waals surface area contributed by atoms with Gasteiger partial charge in [0.2, 0.25) is 11.9 Å². The van der Waals surface area contributed by atoms with Gasteiger partial charge in [0.1, 0.15) is 0 Å². The number of aromatic nitrogens is 2. The van der Waals surface area contributed by atoms with Gasteiger partial charge in [-0.2, -0.15) is 0 Å². The second kappa shape index (κ2) is 8.94. The van der Waals surface area contributed by atoms with E-state index in [2.05, 4.69) is 14.9 Å². The molecule has 0 N–H and O–H groups in total. The lowest BCUT2D eigenvalue weighted by Gasteiger charge is -2.38. The fourth-order valence-electron chi connectivity index (χ4n) is 4.75. The van der Waals surface area contributed by atoms with Crippen molar-refractivity contribution in [2.24, 2.45) is 5.92 Å². The quantitative estimate of drug-likeness (QED) is 0.640. The van der Waals surface area contributed by atoms with Crippen molar-refractivity contribution >= 4 is 28.5 Å². The highest BCUT2D eigenvalue weighted by atomic mass is 16.2. The summed E-state index contributed by atoms with van der Waals surface area (Å²) in [6.45, 7) is 4.10. The predicted molar refractivity (Wildman–Crippen MR) is 123 cm³/mol. The van der Waals surface area contributed by atoms with Crippen LogP contribution in [-0.4, -0.2) is 70.9 Å². The van der Waals surface area contributed by atoms with Crippen molar-refractivity contribution in [2.45, 2.75) is 12.8 Å². The number of amides is 2. The Morgan fingerprint density at radius 3 is 2.19 bits per heavy atom. The standard InChI is InChI=1S/C25H27N5O2/c31-23(29-15-17-30(18-16-29)25-26-11-4-12-27-25)20-9-13-28(14-10-20)24(32)22-8-3-6-19-5-1-2-7-21(19)22/h1-8,11-12,20H,9-10,13-18H2. The van der Waals surface area contributed by atoms with Gasteiger partial charge >= 0.3 is 0 Å². The van der Waals surface area contributed by atoms with Gasteiger partial charge in [-0.05, 0) is 35.7 Å². The molecule has 2 amide bonds. The third-order valence-corrected chi connectivity index (χ3v) is 6.58. The molecule has 2 aromatic carbocycles. The molecule has 3 heterocycles. The Hall–Kier alpha value is -3.48. The number of nitrogens with zero attached hydrogens (tertiary/aromatic N) is 5. The van der Waals surface area contributed by atoms with Crippen molar-refractivity contribution in [3.63, 3.8) is 0 Å². The van der Waals surface area contributed by atoms with Crippen molar-refractivity contribution in [1.82, 2.24) is 19.8 Å². The predicted octanol–water partition coefficient (Wildman–Crippen LogP) is 2.83. The second-order valence-electron chi connectivity index (χ2n) is 8.45. The van der Waals surface area contributed by atoms with Crippen LogP contribution in [0, 0.1) is 5.92 Å². The molecule has 0 saturated carbocycles. The minimum atomic E-state index is -0.00825. The minimum absolute atomic E-state index is 0.00825. The summed E-state index contributed by atoms with van der Waals surface area (Å²) in [7, 11) is 0. The molecular weight excluding hydrogens is 402 g/mol. The largest absolute Gasteiger partial charge is 0.339 e. The highest BCUT2D eigenvalue weighted by Crippen LogP contribution is 2.25. The number of anilines is 1. The average Bonchev–Trinajstić information content (AvgIpc) is 2.88. The number of likely N-dealkylation sites (tertiary alicyclic amines) is 1. The van der Waals surface area contributed by atoms with Gasteiger partial charge in [-0.1, -0.05) is 36.4 Å². The zero-order valence-electron chi connectivity index (χ0n) is 18.1. The third-order valence-electron chi connectivity index (χ3n) is 6.58. The maximum Gasteiger partial charge on any atom is 0.254 e. The fraction of sp³-hybridized carbons (Fsp3) is 0.360. The molecule has 1 aromatic heterocycles. The van der Waals surface area contributed by atoms with Gasteiger partial charge in [-0.25, -0.2) is 9.97 Å². The van der Waals surface area contributed by atoms with Crippen molar-refractivity contribution in [3.8, 4) is 0 Å². The van der Waals surface area contributed by atoms with Crippen LogP contribution in [0.1, 0.15) is 23.2 Å². The summed E-state index contributed by atoms with van der Waals surface area (Å²) < 4.78 is 0. The van der Waals surface area contributed by atoms with E-state index < -0.39 is 0 Å². The van der Waals surface area contributed by atoms with Crippen molar-refractivity contribution in [2.75, 3.05) is 44.2 Å². The molecule has 3 aromatic rings. The molecule has 5 rings (SSSR count). The molecule has 2 saturated heterocycles. The Bertz CT molecular complexity index is 1100. The van der Waals surface area contributed by atoms with Crippen LogP contribution in [-0.2, 0) is 4.79 Å². The number of piperazine rings is 1. The van der Waals surface area contributed by atoms with Gasteiger partial charge in [0.15, 0.2) is 0 Å². The molecule has 0 aliphatic carbocycles. The van der Waals surface area contributed by atoms with Crippen LogP contribution < -0.4 is 4.90 Å². The van der Waals surface area contributed by atoms with Crippen LogP contribution in [0.2, 0.25) is 0 Å². The molecule has 7 heteroatoms. The van der Waals surface area contributed by atoms with Gasteiger partial charge < -0.3 is 14.7 Å². The van der Waals surface area contributed by atoms with Crippen LogP contribution in [0.25, 0.3) is 10.8 Å². The molecular formula is C25H27N5O2. The molecule has 164 valence electrons. The molecule has 7 nitrogen and oxygen atoms in total. The molecule has 0 unspecified atom stereocenters. The molecule has 0 bridgehead atoms. The highest BCUT2D eigenvalue weighted by Gasteiger charge is 2.32. The molecule has 2 aliphatic heterocycles. The van der Waals surface area contributed by atoms with E-state index in [0.717, 1.165) is 48.2 Å². The lowest BCUT2D eigenvalue weighted by molar-refractivity contribution is -0.137. The van der Waals surface area contributed by atoms with E-state index in [1.165, 1.54) is 0 Å². The molecule has 0 radical (unpaired) electrons. The van der Waals surface area contributed by atoms with E-state index in [1.54, 1.807) is 18.5 Å². The fourth-order valence-corrected chi connectivity index (χ4v) is 4.75. The number of benzene rings is 2. The highest BCUT2D eigenvalue weighted by molar-refractivity contribution is 6.07. The van der Waals surface area contributed by atoms with Crippen LogP contribution in [0.4, 0.5) is 5.95 Å². The lowest BCUT2D eigenvalue weighted by atomic mass is 9.94. The normalized spacial score (nSPS) is 17.6. The molecule has 0 atom stereocenters. The van der Waals surface area contributed by atoms with Crippen molar-refractivity contribution < 1.29 is 9.59 Å². The number of carbonyl (C=O) groups excluding carboxylic acids is 2. The first-order chi connectivity index (χ1) is 15.7. The number of rotatable bonds is 3. The van der Waals surface area contributed by atoms with Gasteiger partial charge in [0.25, 0.3) is 5.91 Å². The summed E-state index contributed by atoms with van der Waals surface area (Å²) in [5.74, 6) is 0.992. The topological polar surface area (TPSA) is 69.6 Å². The van der Waals surface area contributed by atoms with Crippen molar-refractivity contribution in [3.05, 3.63) is 66.5 Å². The van der Waals surface area contributed by atoms with Crippen LogP contribution in [0.15, 0.2) is 60.9 Å². The number of hydrogen-bond acceptors (Lipinski definition) is 5. The van der Waals surface area contributed by atoms with Gasteiger partial charge in [-0.15, -0.1) is 0 Å². The summed E-state index contributed by atoms with van der Waals surface area (Å²) in [4.78, 5) is 40.9. The minimum Gasteiger partial charge on any atom is -0.339 e. The summed E-state index contributed by atoms with van der Waals surface area (Å²) in [5.41, 5.74) is 0.743. The Labute approximate surface area is 187 Å². The maximum absolute atomic E-state index is 13.2. The number of carbonyl (C=O) groups is 2. The average molecular weight is 430 g/mol. The first-order valence-electron chi connectivity index (χ1n) is 11.3. The molecule has 2 fully saturated rings. The van der Waals surface area contributed by atoms with E-state index in [4.69, 9.17) is 0 Å². The number of hydrogen-bond donors (Lipinski definition) is 0. The van der Waals surface area contributed by atoms with Gasteiger partial charge in [0.05, 0.1) is 0 Å². The summed E-state index contributed by atoms with van der Waals surface area (Å²) >= 11 is 0. The Balaban J connectivity index is 1.17. The van der Waals surface area contributed by atoms with E-state index in [-0.39, 0.29) is 17.7 Å². The summed E-state index contributed by atoms with van der Waals surface area (Å²) in [6.07, 6.45) is 4.93. The molecule has 0 spiro atoms. The van der Waals surface area contributed by atoms with E-state index in [9.17, 15) is 9.59 Å². The summed E-state index contributed by atoms with van der Waals surface area (Å²) in [5, 5.41) is 2.06. The number of piperidine rings is 1. The Morgan fingerprint density at radius 1 is 0.750 bits per heavy atom. The van der Waals surface area contributed by atoms with Crippen LogP contribution in [0.5, 0.6) is 0 Å². The smallest absolute Gasteiger partial charge is 0.254 e. The summed E-state index contributed by atoms with van der Waals surface area (Å²) in [6, 6.07) is 15.7. The van der Waals surface area contributed by atoms with E-state index in [1.807, 2.05) is 52.3 Å². The monoisotopic (exact) mass is 429 g/mol. The van der Waals surface area contributed by atoms with Crippen molar-refractivity contribution in [1.29, 1.82) is 0 Å². The van der Waals surface area contributed by atoms with E-state index in [0.29, 0.717) is 26.2 Å². The van der Waals surface area contributed by atoms with Crippen LogP contribution >= 0.6 is 0 Å². The first-order valence-corrected chi connectivity index (χ1v) is 11.3. The second-order valence-corrected chi connectivity index (χ2v) is 8.45.